The van der Waals surface area contributed by atoms with E-state index in [1.807, 2.05) is 0 Å². The number of hydrogen-bond donors (Lipinski definition) is 2. The van der Waals surface area contributed by atoms with Gasteiger partial charge >= 0.3 is 0 Å². The number of nitrogens with two attached hydrogens (primary N) is 1. The van der Waals surface area contributed by atoms with Crippen LogP contribution in [0.1, 0.15) is 12.0 Å². The normalized spacial score (nSPS) is 11.4. The second-order valence-electron chi connectivity index (χ2n) is 5.02. The van der Waals surface area contributed by atoms with Crippen LogP contribution in [0.3, 0.4) is 0 Å². The van der Waals surface area contributed by atoms with Crippen LogP contribution in [0, 0.1) is 6.92 Å². The van der Waals surface area contributed by atoms with Gasteiger partial charge in [0.1, 0.15) is 0 Å². The summed E-state index contributed by atoms with van der Waals surface area (Å²) in [7, 11) is -3.52. The predicted octanol–water partition coefficient (Wildman–Crippen LogP) is 3.61. The molecule has 0 aliphatic rings. The van der Waals surface area contributed by atoms with Crippen molar-refractivity contribution in [2.75, 3.05) is 22.9 Å². The number of hydrogen-bond acceptors (Lipinski definition) is 4. The smallest absolute Gasteiger partial charge is 0.206 e. The van der Waals surface area contributed by atoms with Gasteiger partial charge in [-0.2, -0.15) is 0 Å². The minimum Gasteiger partial charge on any atom is -0.399 e. The van der Waals surface area contributed by atoms with Gasteiger partial charge in [0.25, 0.3) is 0 Å². The fraction of sp³-hybridized carbons (Fsp3) is 0.250. The van der Waals surface area contributed by atoms with Gasteiger partial charge in [-0.3, -0.25) is 0 Å². The molecule has 0 atom stereocenters. The molecule has 0 saturated carbocycles. The van der Waals surface area contributed by atoms with E-state index in [1.54, 1.807) is 49.4 Å². The molecule has 2 rings (SSSR count). The summed E-state index contributed by atoms with van der Waals surface area (Å²) in [5.41, 5.74) is 7.80. The lowest BCUT2D eigenvalue weighted by molar-refractivity contribution is 0.595. The summed E-state index contributed by atoms with van der Waals surface area (Å²) in [5.74, 6) is 0. The van der Waals surface area contributed by atoms with Crippen LogP contribution in [0.4, 0.5) is 11.4 Å². The van der Waals surface area contributed by atoms with Crippen molar-refractivity contribution < 1.29 is 8.42 Å². The largest absolute Gasteiger partial charge is 0.399 e. The van der Waals surface area contributed by atoms with E-state index >= 15 is 0 Å². The Morgan fingerprint density at radius 3 is 2.41 bits per heavy atom. The van der Waals surface area contributed by atoms with Crippen LogP contribution < -0.4 is 11.1 Å². The van der Waals surface area contributed by atoms with Gasteiger partial charge in [-0.1, -0.05) is 15.9 Å². The third-order valence-corrected chi connectivity index (χ3v) is 5.78. The molecular weight excluding hydrogens is 364 g/mol. The Hall–Kier alpha value is -1.53. The summed E-state index contributed by atoms with van der Waals surface area (Å²) in [4.78, 5) is 0.577. The molecule has 4 nitrogen and oxygen atoms in total. The van der Waals surface area contributed by atoms with Crippen molar-refractivity contribution >= 4 is 37.1 Å². The first-order valence-corrected chi connectivity index (χ1v) is 9.57. The maximum atomic E-state index is 12.7. The van der Waals surface area contributed by atoms with E-state index in [0.29, 0.717) is 16.1 Å². The molecule has 0 aliphatic carbocycles. The van der Waals surface area contributed by atoms with Gasteiger partial charge in [0.05, 0.1) is 9.79 Å². The average molecular weight is 383 g/mol. The first-order valence-electron chi connectivity index (χ1n) is 6.96. The van der Waals surface area contributed by atoms with Crippen LogP contribution in [0.2, 0.25) is 0 Å². The lowest BCUT2D eigenvalue weighted by Gasteiger charge is -2.10. The number of anilines is 2. The first kappa shape index (κ1) is 16.8. The molecule has 0 aliphatic heterocycles. The molecule has 0 bridgehead atoms. The number of nitrogens with one attached hydrogen (secondary N) is 1. The molecule has 0 spiro atoms. The molecule has 2 aromatic rings. The highest BCUT2D eigenvalue weighted by molar-refractivity contribution is 9.09. The SMILES string of the molecule is Cc1cc(N)ccc1S(=O)(=O)c1ccc(NCCCBr)cc1. The number of aryl methyl sites for hydroxylation is 1. The highest BCUT2D eigenvalue weighted by atomic mass is 79.9. The zero-order valence-electron chi connectivity index (χ0n) is 12.3. The van der Waals surface area contributed by atoms with Crippen LogP contribution in [0.15, 0.2) is 52.3 Å². The molecule has 0 aromatic heterocycles. The van der Waals surface area contributed by atoms with Crippen molar-refractivity contribution in [1.82, 2.24) is 0 Å². The lowest BCUT2D eigenvalue weighted by atomic mass is 10.2. The monoisotopic (exact) mass is 382 g/mol. The standard InChI is InChI=1S/C16H19BrN2O2S/c1-12-11-13(18)3-8-16(12)22(20,21)15-6-4-14(5-7-15)19-10-2-9-17/h3-8,11,19H,2,9-10,18H2,1H3. The first-order chi connectivity index (χ1) is 10.4. The van der Waals surface area contributed by atoms with Crippen molar-refractivity contribution in [3.8, 4) is 0 Å². The third kappa shape index (κ3) is 3.81. The predicted molar refractivity (Wildman–Crippen MR) is 94.4 cm³/mol. The van der Waals surface area contributed by atoms with Gasteiger partial charge in [0.15, 0.2) is 0 Å². The highest BCUT2D eigenvalue weighted by Crippen LogP contribution is 2.26. The molecule has 0 heterocycles. The zero-order valence-corrected chi connectivity index (χ0v) is 14.7. The summed E-state index contributed by atoms with van der Waals surface area (Å²) >= 11 is 3.37. The van der Waals surface area contributed by atoms with Crippen molar-refractivity contribution in [3.05, 3.63) is 48.0 Å². The van der Waals surface area contributed by atoms with Crippen LogP contribution in [0.5, 0.6) is 0 Å². The molecule has 3 N–H and O–H groups in total. The molecule has 0 fully saturated rings. The van der Waals surface area contributed by atoms with Crippen LogP contribution >= 0.6 is 15.9 Å². The van der Waals surface area contributed by atoms with E-state index in [2.05, 4.69) is 21.2 Å². The van der Waals surface area contributed by atoms with Gasteiger partial charge < -0.3 is 11.1 Å². The number of benzene rings is 2. The van der Waals surface area contributed by atoms with E-state index < -0.39 is 9.84 Å². The maximum Gasteiger partial charge on any atom is 0.206 e. The number of nitrogen functional groups attached to an aromatic ring is 1. The molecule has 0 radical (unpaired) electrons. The number of halogens is 1. The zero-order chi connectivity index (χ0) is 16.2. The average Bonchev–Trinajstić information content (AvgIpc) is 2.47. The van der Waals surface area contributed by atoms with Crippen molar-refractivity contribution in [3.63, 3.8) is 0 Å². The highest BCUT2D eigenvalue weighted by Gasteiger charge is 2.19. The van der Waals surface area contributed by atoms with Gasteiger partial charge in [-0.15, -0.1) is 0 Å². The quantitative estimate of drug-likeness (QED) is 0.454. The van der Waals surface area contributed by atoms with E-state index in [4.69, 9.17) is 5.73 Å². The van der Waals surface area contributed by atoms with Crippen molar-refractivity contribution in [1.29, 1.82) is 0 Å². The molecule has 0 saturated heterocycles. The van der Waals surface area contributed by atoms with Gasteiger partial charge in [0, 0.05) is 23.2 Å². The second kappa shape index (κ2) is 7.15. The summed E-state index contributed by atoms with van der Waals surface area (Å²) in [5, 5.41) is 4.17. The van der Waals surface area contributed by atoms with E-state index in [-0.39, 0.29) is 4.90 Å². The number of sulfone groups is 1. The summed E-state index contributed by atoms with van der Waals surface area (Å²) in [6.45, 7) is 2.59. The fourth-order valence-corrected chi connectivity index (χ4v) is 3.91. The number of rotatable bonds is 6. The summed E-state index contributed by atoms with van der Waals surface area (Å²) in [6, 6.07) is 11.7. The van der Waals surface area contributed by atoms with Crippen molar-refractivity contribution in [2.45, 2.75) is 23.1 Å². The molecule has 2 aromatic carbocycles. The van der Waals surface area contributed by atoms with Crippen LogP contribution in [-0.4, -0.2) is 20.3 Å². The molecule has 6 heteroatoms. The second-order valence-corrected chi connectivity index (χ2v) is 7.73. The molecule has 0 unspecified atom stereocenters. The minimum atomic E-state index is -3.52. The Morgan fingerprint density at radius 2 is 1.82 bits per heavy atom. The van der Waals surface area contributed by atoms with E-state index in [1.165, 1.54) is 0 Å². The van der Waals surface area contributed by atoms with Crippen LogP contribution in [-0.2, 0) is 9.84 Å². The van der Waals surface area contributed by atoms with E-state index in [0.717, 1.165) is 24.0 Å². The molecular formula is C16H19BrN2O2S. The minimum absolute atomic E-state index is 0.284. The molecule has 118 valence electrons. The summed E-state index contributed by atoms with van der Waals surface area (Å²) in [6.07, 6.45) is 1.00. The Labute approximate surface area is 139 Å². The summed E-state index contributed by atoms with van der Waals surface area (Å²) < 4.78 is 25.3. The van der Waals surface area contributed by atoms with E-state index in [9.17, 15) is 8.42 Å². The topological polar surface area (TPSA) is 72.2 Å². The third-order valence-electron chi connectivity index (χ3n) is 3.29. The van der Waals surface area contributed by atoms with Crippen molar-refractivity contribution in [2.24, 2.45) is 0 Å². The lowest BCUT2D eigenvalue weighted by Crippen LogP contribution is -2.06. The van der Waals surface area contributed by atoms with Gasteiger partial charge in [-0.05, 0) is 61.4 Å². The van der Waals surface area contributed by atoms with Crippen LogP contribution in [0.25, 0.3) is 0 Å². The molecule has 22 heavy (non-hydrogen) atoms. The Kier molecular flexibility index (Phi) is 5.47. The Balaban J connectivity index is 2.26. The fourth-order valence-electron chi connectivity index (χ4n) is 2.15. The maximum absolute atomic E-state index is 12.7. The Bertz CT molecular complexity index is 743. The Morgan fingerprint density at radius 1 is 1.14 bits per heavy atom. The number of alkyl halides is 1. The van der Waals surface area contributed by atoms with Gasteiger partial charge in [-0.25, -0.2) is 8.42 Å². The van der Waals surface area contributed by atoms with Gasteiger partial charge in [0.2, 0.25) is 9.84 Å². The molecule has 0 amide bonds.